The maximum absolute atomic E-state index is 13.8. The summed E-state index contributed by atoms with van der Waals surface area (Å²) in [5, 5.41) is 0.0962. The Morgan fingerprint density at radius 3 is 2.48 bits per heavy atom. The van der Waals surface area contributed by atoms with Crippen LogP contribution >= 0.6 is 11.8 Å². The second-order valence-corrected chi connectivity index (χ2v) is 10.4. The third kappa shape index (κ3) is 5.02. The summed E-state index contributed by atoms with van der Waals surface area (Å²) >= 11 is 1.81. The third-order valence-corrected chi connectivity index (χ3v) is 8.30. The van der Waals surface area contributed by atoms with Gasteiger partial charge in [-0.3, -0.25) is 4.79 Å². The first-order chi connectivity index (χ1) is 16.2. The number of nitrogens with one attached hydrogen (secondary N) is 1. The Balaban J connectivity index is 1.31. The Labute approximate surface area is 201 Å². The molecule has 4 heteroatoms. The molecule has 0 radical (unpaired) electrons. The van der Waals surface area contributed by atoms with Gasteiger partial charge in [-0.05, 0) is 73.2 Å². The summed E-state index contributed by atoms with van der Waals surface area (Å²) in [7, 11) is 0. The molecular formula is C29H32NO2S+. The smallest absolute Gasteiger partial charge is 0.171 e. The van der Waals surface area contributed by atoms with Crippen molar-refractivity contribution in [1.82, 2.24) is 0 Å². The molecule has 0 amide bonds. The predicted octanol–water partition coefficient (Wildman–Crippen LogP) is 5.26. The molecule has 170 valence electrons. The normalized spacial score (nSPS) is 20.4. The van der Waals surface area contributed by atoms with E-state index in [1.165, 1.54) is 48.4 Å². The number of Topliss-reactive ketones (excluding diaryl/α,β-unsaturated/α-hetero) is 1. The average Bonchev–Trinajstić information content (AvgIpc) is 3.24. The number of hydrogen-bond acceptors (Lipinski definition) is 3. The number of ketones is 1. The highest BCUT2D eigenvalue weighted by Gasteiger charge is 2.39. The molecule has 1 saturated heterocycles. The van der Waals surface area contributed by atoms with Crippen molar-refractivity contribution in [2.45, 2.75) is 42.2 Å². The summed E-state index contributed by atoms with van der Waals surface area (Å²) in [5.41, 5.74) is 4.34. The lowest BCUT2D eigenvalue weighted by Crippen LogP contribution is -3.13. The van der Waals surface area contributed by atoms with Gasteiger partial charge in [-0.2, -0.15) is 0 Å². The van der Waals surface area contributed by atoms with E-state index in [4.69, 9.17) is 4.74 Å². The monoisotopic (exact) mass is 458 g/mol. The van der Waals surface area contributed by atoms with Crippen LogP contribution in [0.4, 0.5) is 0 Å². The highest BCUT2D eigenvalue weighted by Crippen LogP contribution is 2.55. The minimum Gasteiger partial charge on any atom is -0.488 e. The number of aryl methyl sites for hydroxylation is 1. The minimum atomic E-state index is -0.178. The van der Waals surface area contributed by atoms with Crippen molar-refractivity contribution >= 4 is 17.5 Å². The van der Waals surface area contributed by atoms with Gasteiger partial charge in [-0.25, -0.2) is 0 Å². The van der Waals surface area contributed by atoms with Crippen LogP contribution in [0.15, 0.2) is 77.7 Å². The number of hydrogen-bond donors (Lipinski definition) is 1. The fourth-order valence-corrected chi connectivity index (χ4v) is 6.62. The lowest BCUT2D eigenvalue weighted by Gasteiger charge is -2.23. The SMILES string of the molecule is Cc1ccc2c(c1)SC(c1ccccc1)C2C(=O)c1ccc(OCC[NH+]2CCCCC2)cc1. The Bertz CT molecular complexity index is 1090. The summed E-state index contributed by atoms with van der Waals surface area (Å²) < 4.78 is 5.99. The van der Waals surface area contributed by atoms with Gasteiger partial charge in [0.15, 0.2) is 5.78 Å². The van der Waals surface area contributed by atoms with Crippen molar-refractivity contribution in [3.63, 3.8) is 0 Å². The van der Waals surface area contributed by atoms with E-state index in [1.807, 2.05) is 42.1 Å². The summed E-state index contributed by atoms with van der Waals surface area (Å²) in [6, 6.07) is 24.7. The Morgan fingerprint density at radius 2 is 1.73 bits per heavy atom. The maximum atomic E-state index is 13.8. The van der Waals surface area contributed by atoms with Crippen LogP contribution in [0.3, 0.4) is 0 Å². The first-order valence-electron chi connectivity index (χ1n) is 12.1. The number of benzene rings is 3. The summed E-state index contributed by atoms with van der Waals surface area (Å²) in [4.78, 5) is 16.6. The lowest BCUT2D eigenvalue weighted by atomic mass is 9.85. The highest BCUT2D eigenvalue weighted by atomic mass is 32.2. The Kier molecular flexibility index (Phi) is 6.84. The van der Waals surface area contributed by atoms with E-state index in [-0.39, 0.29) is 17.0 Å². The van der Waals surface area contributed by atoms with Gasteiger partial charge in [-0.1, -0.05) is 42.5 Å². The Morgan fingerprint density at radius 1 is 0.970 bits per heavy atom. The number of ether oxygens (including phenoxy) is 1. The number of likely N-dealkylation sites (tertiary alicyclic amines) is 1. The average molecular weight is 459 g/mol. The van der Waals surface area contributed by atoms with Crippen molar-refractivity contribution in [1.29, 1.82) is 0 Å². The van der Waals surface area contributed by atoms with Crippen molar-refractivity contribution in [3.05, 3.63) is 95.1 Å². The molecule has 2 atom stereocenters. The molecule has 33 heavy (non-hydrogen) atoms. The van der Waals surface area contributed by atoms with E-state index in [2.05, 4.69) is 49.4 Å². The molecular weight excluding hydrogens is 426 g/mol. The van der Waals surface area contributed by atoms with Gasteiger partial charge >= 0.3 is 0 Å². The zero-order chi connectivity index (χ0) is 22.6. The molecule has 2 aliphatic heterocycles. The van der Waals surface area contributed by atoms with E-state index in [0.717, 1.165) is 30.0 Å². The second kappa shape index (κ2) is 10.1. The molecule has 0 aromatic heterocycles. The molecule has 1 N–H and O–H groups in total. The first kappa shape index (κ1) is 22.2. The lowest BCUT2D eigenvalue weighted by molar-refractivity contribution is -0.904. The molecule has 0 bridgehead atoms. The van der Waals surface area contributed by atoms with Gasteiger partial charge in [0, 0.05) is 15.7 Å². The number of thioether (sulfide) groups is 1. The van der Waals surface area contributed by atoms with Crippen LogP contribution in [0.25, 0.3) is 0 Å². The molecule has 2 unspecified atom stereocenters. The number of quaternary nitrogens is 1. The van der Waals surface area contributed by atoms with Crippen LogP contribution in [-0.2, 0) is 0 Å². The largest absolute Gasteiger partial charge is 0.488 e. The first-order valence-corrected chi connectivity index (χ1v) is 13.0. The molecule has 0 saturated carbocycles. The van der Waals surface area contributed by atoms with Gasteiger partial charge in [0.2, 0.25) is 0 Å². The van der Waals surface area contributed by atoms with Gasteiger partial charge in [0.05, 0.1) is 19.0 Å². The summed E-state index contributed by atoms with van der Waals surface area (Å²) in [6.07, 6.45) is 4.03. The molecule has 0 aliphatic carbocycles. The standard InChI is InChI=1S/C29H31NO2S/c1-21-10-15-25-26(20-21)33-29(23-8-4-2-5-9-23)27(25)28(31)22-11-13-24(14-12-22)32-19-18-30-16-6-3-7-17-30/h2,4-5,8-15,20,27,29H,3,6-7,16-19H2,1H3/p+1. The highest BCUT2D eigenvalue weighted by molar-refractivity contribution is 8.00. The molecule has 5 rings (SSSR count). The van der Waals surface area contributed by atoms with Crippen LogP contribution in [-0.4, -0.2) is 32.0 Å². The van der Waals surface area contributed by atoms with Gasteiger partial charge < -0.3 is 9.64 Å². The van der Waals surface area contributed by atoms with E-state index < -0.39 is 0 Å². The minimum absolute atomic E-state index is 0.0962. The number of rotatable bonds is 7. The zero-order valence-electron chi connectivity index (χ0n) is 19.3. The molecule has 0 spiro atoms. The van der Waals surface area contributed by atoms with Crippen LogP contribution in [0.5, 0.6) is 5.75 Å². The number of carbonyl (C=O) groups is 1. The number of carbonyl (C=O) groups excluding carboxylic acids is 1. The fourth-order valence-electron chi connectivity index (χ4n) is 5.06. The van der Waals surface area contributed by atoms with E-state index >= 15 is 0 Å². The van der Waals surface area contributed by atoms with Crippen LogP contribution in [0.1, 0.15) is 57.5 Å². The summed E-state index contributed by atoms with van der Waals surface area (Å²) in [6.45, 7) is 6.41. The molecule has 3 aromatic rings. The van der Waals surface area contributed by atoms with E-state index in [0.29, 0.717) is 0 Å². The second-order valence-electron chi connectivity index (χ2n) is 9.27. The molecule has 2 heterocycles. The number of piperidine rings is 1. The van der Waals surface area contributed by atoms with Crippen LogP contribution < -0.4 is 9.64 Å². The predicted molar refractivity (Wildman–Crippen MR) is 135 cm³/mol. The number of fused-ring (bicyclic) bond motifs is 1. The molecule has 3 nitrogen and oxygen atoms in total. The Hall–Kier alpha value is -2.56. The van der Waals surface area contributed by atoms with Gasteiger partial charge in [-0.15, -0.1) is 11.8 Å². The van der Waals surface area contributed by atoms with Crippen molar-refractivity contribution in [2.24, 2.45) is 0 Å². The topological polar surface area (TPSA) is 30.7 Å². The fraction of sp³-hybridized carbons (Fsp3) is 0.345. The van der Waals surface area contributed by atoms with Gasteiger partial charge in [0.1, 0.15) is 18.9 Å². The summed E-state index contributed by atoms with van der Waals surface area (Å²) in [5.74, 6) is 0.852. The van der Waals surface area contributed by atoms with Crippen LogP contribution in [0.2, 0.25) is 0 Å². The zero-order valence-corrected chi connectivity index (χ0v) is 20.1. The van der Waals surface area contributed by atoms with Crippen molar-refractivity contribution in [3.8, 4) is 5.75 Å². The van der Waals surface area contributed by atoms with E-state index in [9.17, 15) is 4.79 Å². The maximum Gasteiger partial charge on any atom is 0.171 e. The van der Waals surface area contributed by atoms with E-state index in [1.54, 1.807) is 4.90 Å². The quantitative estimate of drug-likeness (QED) is 0.490. The van der Waals surface area contributed by atoms with Crippen LogP contribution in [0, 0.1) is 6.92 Å². The van der Waals surface area contributed by atoms with Crippen molar-refractivity contribution in [2.75, 3.05) is 26.2 Å². The molecule has 1 fully saturated rings. The van der Waals surface area contributed by atoms with Gasteiger partial charge in [0.25, 0.3) is 0 Å². The molecule has 2 aliphatic rings. The third-order valence-electron chi connectivity index (χ3n) is 6.90. The van der Waals surface area contributed by atoms with Crippen molar-refractivity contribution < 1.29 is 14.4 Å². The molecule has 3 aromatic carbocycles.